The number of aromatic nitrogens is 1. The summed E-state index contributed by atoms with van der Waals surface area (Å²) < 4.78 is 4.55. The van der Waals surface area contributed by atoms with Gasteiger partial charge in [0, 0.05) is 40.7 Å². The van der Waals surface area contributed by atoms with Crippen LogP contribution >= 0.6 is 0 Å². The van der Waals surface area contributed by atoms with Crippen molar-refractivity contribution in [3.63, 3.8) is 0 Å². The molecule has 0 atom stereocenters. The summed E-state index contributed by atoms with van der Waals surface area (Å²) in [7, 11) is 2.04. The summed E-state index contributed by atoms with van der Waals surface area (Å²) >= 11 is 0. The number of ketones is 1. The Kier molecular flexibility index (Phi) is 6.53. The number of aliphatic hydroxyl groups is 1. The van der Waals surface area contributed by atoms with Crippen molar-refractivity contribution in [3.8, 4) is 11.3 Å². The van der Waals surface area contributed by atoms with Gasteiger partial charge in [0.05, 0.1) is 22.3 Å². The number of hydrogen-bond donors (Lipinski definition) is 1. The van der Waals surface area contributed by atoms with Crippen LogP contribution in [0.15, 0.2) is 96.3 Å². The highest BCUT2D eigenvalue weighted by Crippen LogP contribution is 2.47. The normalized spacial score (nSPS) is 19.6. The van der Waals surface area contributed by atoms with Gasteiger partial charge in [0.2, 0.25) is 11.5 Å². The fourth-order valence-corrected chi connectivity index (χ4v) is 7.66. The lowest BCUT2D eigenvalue weighted by Gasteiger charge is -2.24. The molecule has 2 aliphatic carbocycles. The molecule has 4 nitrogen and oxygen atoms in total. The lowest BCUT2D eigenvalue weighted by molar-refractivity contribution is -0.401. The first-order valence-corrected chi connectivity index (χ1v) is 15.5. The van der Waals surface area contributed by atoms with Gasteiger partial charge in [-0.25, -0.2) is 0 Å². The second-order valence-corrected chi connectivity index (χ2v) is 12.7. The lowest BCUT2D eigenvalue weighted by atomic mass is 9.77. The molecule has 3 aliphatic rings. The summed E-state index contributed by atoms with van der Waals surface area (Å²) in [6.07, 6.45) is 9.65. The van der Waals surface area contributed by atoms with E-state index >= 15 is 0 Å². The van der Waals surface area contributed by atoms with Crippen molar-refractivity contribution in [1.82, 2.24) is 4.57 Å². The highest BCUT2D eigenvalue weighted by atomic mass is 16.3. The Hall–Kier alpha value is -4.18. The van der Waals surface area contributed by atoms with Gasteiger partial charge in [-0.1, -0.05) is 98.8 Å². The standard InChI is InChI=1S/C38H38N2O2/c1-38(2)29-19-11-13-21-31(29)39(3)32(38)24-28-36(41)34(37(28)42)33-27-18-10-12-20-30(27)40(23-22-25-14-6-4-7-15-25)35(33)26-16-8-5-9-17-26/h5,8-13,16-21,24-25H,4,6-7,14-15,22-23H2,1-3H3/p+1. The Labute approximate surface area is 248 Å². The number of allylic oxidation sites excluding steroid dienone is 3. The first-order valence-electron chi connectivity index (χ1n) is 15.5. The van der Waals surface area contributed by atoms with Crippen LogP contribution in [0.5, 0.6) is 0 Å². The van der Waals surface area contributed by atoms with Gasteiger partial charge in [0.1, 0.15) is 12.8 Å². The molecule has 0 saturated heterocycles. The average Bonchev–Trinajstić information content (AvgIpc) is 3.43. The van der Waals surface area contributed by atoms with E-state index in [1.165, 1.54) is 37.7 Å². The van der Waals surface area contributed by atoms with Crippen LogP contribution in [0.2, 0.25) is 0 Å². The molecule has 1 aliphatic heterocycles. The molecule has 1 N–H and O–H groups in total. The van der Waals surface area contributed by atoms with Crippen molar-refractivity contribution in [2.75, 3.05) is 7.05 Å². The van der Waals surface area contributed by atoms with Crippen LogP contribution in [0.3, 0.4) is 0 Å². The third-order valence-electron chi connectivity index (χ3n) is 9.94. The maximum absolute atomic E-state index is 14.1. The van der Waals surface area contributed by atoms with Crippen molar-refractivity contribution in [1.29, 1.82) is 0 Å². The van der Waals surface area contributed by atoms with Crippen LogP contribution in [-0.2, 0) is 16.8 Å². The molecule has 0 radical (unpaired) electrons. The van der Waals surface area contributed by atoms with E-state index in [0.717, 1.165) is 58.0 Å². The second kappa shape index (κ2) is 10.3. The Bertz CT molecular complexity index is 1810. The van der Waals surface area contributed by atoms with Crippen LogP contribution in [0.1, 0.15) is 63.5 Å². The first-order chi connectivity index (χ1) is 20.4. The second-order valence-electron chi connectivity index (χ2n) is 12.7. The minimum Gasteiger partial charge on any atom is -0.506 e. The van der Waals surface area contributed by atoms with Gasteiger partial charge in [0.15, 0.2) is 5.71 Å². The summed E-state index contributed by atoms with van der Waals surface area (Å²) in [4.78, 5) is 14.1. The number of benzene rings is 3. The third kappa shape index (κ3) is 4.11. The molecule has 0 spiro atoms. The molecule has 2 heterocycles. The number of fused-ring (bicyclic) bond motifs is 2. The number of Topliss-reactive ketones (excluding diaryl/α,β-unsaturated/α-hetero) is 1. The molecule has 0 bridgehead atoms. The molecule has 212 valence electrons. The van der Waals surface area contributed by atoms with Crippen LogP contribution in [-0.4, -0.2) is 32.8 Å². The third-order valence-corrected chi connectivity index (χ3v) is 9.94. The van der Waals surface area contributed by atoms with Crippen molar-refractivity contribution < 1.29 is 14.5 Å². The number of nitrogens with zero attached hydrogens (tertiary/aromatic N) is 2. The SMILES string of the molecule is C[N+]1=C(C=C2C(=O)C(c3c(-c4ccccc4)n(CCC4CCCCC4)c4ccccc34)=C2O)C(C)(C)c2ccccc21. The highest BCUT2D eigenvalue weighted by molar-refractivity contribution is 6.42. The minimum atomic E-state index is -0.279. The van der Waals surface area contributed by atoms with Gasteiger partial charge in [-0.3, -0.25) is 4.79 Å². The van der Waals surface area contributed by atoms with Crippen molar-refractivity contribution >= 4 is 33.7 Å². The molecule has 7 rings (SSSR count). The molecule has 0 amide bonds. The maximum Gasteiger partial charge on any atom is 0.209 e. The summed E-state index contributed by atoms with van der Waals surface area (Å²) in [5.74, 6) is 0.750. The number of aliphatic hydroxyl groups excluding tert-OH is 1. The lowest BCUT2D eigenvalue weighted by Crippen LogP contribution is -2.30. The van der Waals surface area contributed by atoms with Crippen molar-refractivity contribution in [3.05, 3.63) is 107 Å². The Morgan fingerprint density at radius 2 is 1.62 bits per heavy atom. The summed E-state index contributed by atoms with van der Waals surface area (Å²) in [6, 6.07) is 27.1. The maximum atomic E-state index is 14.1. The Morgan fingerprint density at radius 3 is 2.36 bits per heavy atom. The topological polar surface area (TPSA) is 45.2 Å². The number of hydrogen-bond acceptors (Lipinski definition) is 2. The zero-order valence-corrected chi connectivity index (χ0v) is 24.9. The Morgan fingerprint density at radius 1 is 0.929 bits per heavy atom. The number of para-hydroxylation sites is 2. The fraction of sp³-hybridized carbons (Fsp3) is 0.316. The van der Waals surface area contributed by atoms with E-state index in [0.29, 0.717) is 11.1 Å². The monoisotopic (exact) mass is 555 g/mol. The smallest absolute Gasteiger partial charge is 0.209 e. The molecule has 4 heteroatoms. The van der Waals surface area contributed by atoms with Crippen LogP contribution in [0.4, 0.5) is 5.69 Å². The molecule has 1 saturated carbocycles. The predicted molar refractivity (Wildman–Crippen MR) is 172 cm³/mol. The van der Waals surface area contributed by atoms with E-state index in [-0.39, 0.29) is 17.0 Å². The largest absolute Gasteiger partial charge is 0.506 e. The van der Waals surface area contributed by atoms with Crippen LogP contribution in [0, 0.1) is 5.92 Å². The quantitative estimate of drug-likeness (QED) is 0.191. The van der Waals surface area contributed by atoms with Crippen LogP contribution in [0.25, 0.3) is 27.7 Å². The van der Waals surface area contributed by atoms with Gasteiger partial charge >= 0.3 is 0 Å². The number of aryl methyl sites for hydroxylation is 1. The van der Waals surface area contributed by atoms with Gasteiger partial charge in [-0.15, -0.1) is 0 Å². The van der Waals surface area contributed by atoms with Crippen molar-refractivity contribution in [2.45, 2.75) is 64.3 Å². The highest BCUT2D eigenvalue weighted by Gasteiger charge is 2.46. The van der Waals surface area contributed by atoms with E-state index in [1.54, 1.807) is 0 Å². The first kappa shape index (κ1) is 26.7. The number of rotatable bonds is 6. The molecule has 4 aromatic rings. The molecule has 3 aromatic carbocycles. The zero-order chi connectivity index (χ0) is 29.0. The number of carbonyl (C=O) groups excluding carboxylic acids is 1. The van der Waals surface area contributed by atoms with E-state index in [1.807, 2.05) is 31.3 Å². The minimum absolute atomic E-state index is 0.0903. The molecular formula is C38H39N2O2+. The van der Waals surface area contributed by atoms with Gasteiger partial charge in [-0.05, 0) is 37.8 Å². The molecule has 1 aromatic heterocycles. The summed E-state index contributed by atoms with van der Waals surface area (Å²) in [5, 5.41) is 12.7. The van der Waals surface area contributed by atoms with Crippen molar-refractivity contribution in [2.24, 2.45) is 5.92 Å². The average molecular weight is 556 g/mol. The zero-order valence-electron chi connectivity index (χ0n) is 24.9. The molecule has 0 unspecified atom stereocenters. The van der Waals surface area contributed by atoms with E-state index in [9.17, 15) is 9.90 Å². The van der Waals surface area contributed by atoms with Gasteiger partial charge in [0.25, 0.3) is 0 Å². The summed E-state index contributed by atoms with van der Waals surface area (Å²) in [5.41, 5.74) is 7.99. The molecular weight excluding hydrogens is 516 g/mol. The van der Waals surface area contributed by atoms with Gasteiger partial charge in [-0.2, -0.15) is 4.58 Å². The fourth-order valence-electron chi connectivity index (χ4n) is 7.66. The predicted octanol–water partition coefficient (Wildman–Crippen LogP) is 8.76. The summed E-state index contributed by atoms with van der Waals surface area (Å²) in [6.45, 7) is 5.26. The van der Waals surface area contributed by atoms with Crippen LogP contribution < -0.4 is 0 Å². The van der Waals surface area contributed by atoms with Gasteiger partial charge < -0.3 is 9.67 Å². The Balaban J connectivity index is 1.37. The molecule has 1 fully saturated rings. The van der Waals surface area contributed by atoms with E-state index in [4.69, 9.17) is 0 Å². The number of carbonyl (C=O) groups is 1. The van der Waals surface area contributed by atoms with E-state index < -0.39 is 0 Å². The molecule has 42 heavy (non-hydrogen) atoms. The van der Waals surface area contributed by atoms with E-state index in [2.05, 4.69) is 83.7 Å².